The van der Waals surface area contributed by atoms with Crippen LogP contribution in [0.3, 0.4) is 0 Å². The second kappa shape index (κ2) is 3.06. The lowest BCUT2D eigenvalue weighted by Gasteiger charge is -2.02. The molecule has 0 saturated heterocycles. The number of fused-ring (bicyclic) bond motifs is 2. The normalized spacial score (nSPS) is 12.0. The summed E-state index contributed by atoms with van der Waals surface area (Å²) in [5.41, 5.74) is 14.7. The van der Waals surface area contributed by atoms with Gasteiger partial charge in [-0.15, -0.1) is 0 Å². The highest BCUT2D eigenvalue weighted by Gasteiger charge is 2.20. The van der Waals surface area contributed by atoms with E-state index in [2.05, 4.69) is 0 Å². The number of hydrogen-bond acceptors (Lipinski definition) is 4. The van der Waals surface area contributed by atoms with Crippen LogP contribution >= 0.6 is 0 Å². The molecule has 0 amide bonds. The summed E-state index contributed by atoms with van der Waals surface area (Å²) in [5, 5.41) is 0. The first kappa shape index (κ1) is 8.91. The van der Waals surface area contributed by atoms with E-state index >= 15 is 0 Å². The van der Waals surface area contributed by atoms with Crippen molar-refractivity contribution in [3.8, 4) is 22.6 Å². The molecular weight excluding hydrogens is 204 g/mol. The fourth-order valence-corrected chi connectivity index (χ4v) is 1.67. The molecule has 4 heteroatoms. The first-order chi connectivity index (χ1) is 7.74. The van der Waals surface area contributed by atoms with E-state index in [9.17, 15) is 0 Å². The summed E-state index contributed by atoms with van der Waals surface area (Å²) < 4.78 is 0. The second-order valence-corrected chi connectivity index (χ2v) is 3.67. The topological polar surface area (TPSA) is 70.5 Å². The van der Waals surface area contributed by atoms with Crippen molar-refractivity contribution in [2.45, 2.75) is 0 Å². The van der Waals surface area contributed by atoms with Crippen molar-refractivity contribution in [2.75, 3.05) is 11.5 Å². The van der Waals surface area contributed by atoms with E-state index in [1.165, 1.54) is 0 Å². The molecule has 16 heavy (non-hydrogen) atoms. The average molecular weight is 214 g/mol. The zero-order valence-electron chi connectivity index (χ0n) is 8.44. The van der Waals surface area contributed by atoms with Crippen molar-refractivity contribution in [1.82, 2.24) is 0 Å². The molecule has 0 atom stereocenters. The maximum Gasteiger partial charge on any atom is 0.206 e. The van der Waals surface area contributed by atoms with Gasteiger partial charge in [0, 0.05) is 5.69 Å². The Labute approximate surface area is 92.3 Å². The molecule has 2 aromatic rings. The lowest BCUT2D eigenvalue weighted by atomic mass is 10.0. The van der Waals surface area contributed by atoms with Crippen molar-refractivity contribution in [2.24, 2.45) is 0 Å². The van der Waals surface area contributed by atoms with Crippen molar-refractivity contribution < 1.29 is 9.78 Å². The van der Waals surface area contributed by atoms with E-state index in [4.69, 9.17) is 21.2 Å². The molecule has 1 aliphatic rings. The summed E-state index contributed by atoms with van der Waals surface area (Å²) >= 11 is 0. The number of rotatable bonds is 1. The molecule has 2 bridgehead atoms. The van der Waals surface area contributed by atoms with Crippen LogP contribution in [0.1, 0.15) is 0 Å². The van der Waals surface area contributed by atoms with Crippen molar-refractivity contribution in [1.29, 1.82) is 0 Å². The zero-order valence-corrected chi connectivity index (χ0v) is 8.44. The van der Waals surface area contributed by atoms with Gasteiger partial charge in [-0.1, -0.05) is 12.1 Å². The van der Waals surface area contributed by atoms with Gasteiger partial charge in [0.1, 0.15) is 5.69 Å². The maximum absolute atomic E-state index is 5.75. The van der Waals surface area contributed by atoms with Crippen LogP contribution in [-0.2, 0) is 0 Å². The fourth-order valence-electron chi connectivity index (χ4n) is 1.67. The van der Waals surface area contributed by atoms with Gasteiger partial charge in [0.25, 0.3) is 0 Å². The minimum absolute atomic E-state index is 0.541. The summed E-state index contributed by atoms with van der Waals surface area (Å²) in [4.78, 5) is 9.90. The van der Waals surface area contributed by atoms with Gasteiger partial charge in [0.05, 0.1) is 0 Å². The Morgan fingerprint density at radius 3 is 1.88 bits per heavy atom. The van der Waals surface area contributed by atoms with Crippen LogP contribution in [0.25, 0.3) is 11.1 Å². The Bertz CT molecular complexity index is 524. The van der Waals surface area contributed by atoms with Crippen molar-refractivity contribution >= 4 is 11.4 Å². The summed E-state index contributed by atoms with van der Waals surface area (Å²) in [7, 11) is 0. The van der Waals surface area contributed by atoms with Gasteiger partial charge in [-0.25, -0.2) is 0 Å². The van der Waals surface area contributed by atoms with Crippen LogP contribution in [-0.4, -0.2) is 0 Å². The largest absolute Gasteiger partial charge is 0.399 e. The third kappa shape index (κ3) is 1.24. The molecule has 3 rings (SSSR count). The van der Waals surface area contributed by atoms with Crippen molar-refractivity contribution in [3.05, 3.63) is 36.4 Å². The smallest absolute Gasteiger partial charge is 0.206 e. The molecule has 1 heterocycles. The molecule has 0 unspecified atom stereocenters. The molecule has 2 aromatic carbocycles. The maximum atomic E-state index is 5.75. The van der Waals surface area contributed by atoms with Gasteiger partial charge in [0.15, 0.2) is 0 Å². The van der Waals surface area contributed by atoms with E-state index in [-0.39, 0.29) is 0 Å². The number of benzene rings is 2. The van der Waals surface area contributed by atoms with Gasteiger partial charge in [-0.3, -0.25) is 9.78 Å². The van der Waals surface area contributed by atoms with E-state index in [0.29, 0.717) is 17.2 Å². The van der Waals surface area contributed by atoms with E-state index in [1.807, 2.05) is 36.4 Å². The molecule has 0 radical (unpaired) electrons. The van der Waals surface area contributed by atoms with E-state index in [0.717, 1.165) is 16.8 Å². The number of hydrogen-bond donors (Lipinski definition) is 2. The average Bonchev–Trinajstić information content (AvgIpc) is 2.54. The SMILES string of the molecule is Nc1ccc(-c2cc3c(N)c(c2)OO3)cc1. The molecule has 0 spiro atoms. The lowest BCUT2D eigenvalue weighted by Crippen LogP contribution is -1.89. The first-order valence-electron chi connectivity index (χ1n) is 4.88. The second-order valence-electron chi connectivity index (χ2n) is 3.67. The number of nitrogen functional groups attached to an aromatic ring is 2. The molecule has 4 N–H and O–H groups in total. The summed E-state index contributed by atoms with van der Waals surface area (Å²) in [6, 6.07) is 11.3. The molecule has 1 aliphatic heterocycles. The first-order valence-corrected chi connectivity index (χ1v) is 4.88. The molecule has 0 fully saturated rings. The molecule has 0 aliphatic carbocycles. The predicted molar refractivity (Wildman–Crippen MR) is 62.0 cm³/mol. The number of nitrogens with two attached hydrogens (primary N) is 2. The Morgan fingerprint density at radius 1 is 0.750 bits per heavy atom. The van der Waals surface area contributed by atoms with Gasteiger partial charge in [0.2, 0.25) is 11.5 Å². The van der Waals surface area contributed by atoms with Crippen LogP contribution < -0.4 is 21.2 Å². The Hall–Kier alpha value is -2.36. The van der Waals surface area contributed by atoms with Gasteiger partial charge >= 0.3 is 0 Å². The zero-order chi connectivity index (χ0) is 11.1. The summed E-state index contributed by atoms with van der Waals surface area (Å²) in [6.07, 6.45) is 0. The van der Waals surface area contributed by atoms with Crippen LogP contribution in [0.2, 0.25) is 0 Å². The highest BCUT2D eigenvalue weighted by Crippen LogP contribution is 2.41. The summed E-state index contributed by atoms with van der Waals surface area (Å²) in [5.74, 6) is 1.12. The van der Waals surface area contributed by atoms with Crippen LogP contribution in [0.4, 0.5) is 11.4 Å². The minimum Gasteiger partial charge on any atom is -0.399 e. The highest BCUT2D eigenvalue weighted by molar-refractivity contribution is 5.76. The van der Waals surface area contributed by atoms with Crippen molar-refractivity contribution in [3.63, 3.8) is 0 Å². The lowest BCUT2D eigenvalue weighted by molar-refractivity contribution is -0.0846. The summed E-state index contributed by atoms with van der Waals surface area (Å²) in [6.45, 7) is 0. The quantitative estimate of drug-likeness (QED) is 0.564. The molecule has 0 saturated carbocycles. The number of anilines is 2. The van der Waals surface area contributed by atoms with Gasteiger partial charge in [-0.2, -0.15) is 0 Å². The van der Waals surface area contributed by atoms with E-state index in [1.54, 1.807) is 0 Å². The fraction of sp³-hybridized carbons (Fsp3) is 0. The molecule has 80 valence electrons. The van der Waals surface area contributed by atoms with Gasteiger partial charge < -0.3 is 11.5 Å². The third-order valence-electron chi connectivity index (χ3n) is 2.57. The van der Waals surface area contributed by atoms with Gasteiger partial charge in [-0.05, 0) is 35.4 Å². The minimum atomic E-state index is 0.541. The Morgan fingerprint density at radius 2 is 1.31 bits per heavy atom. The molecule has 0 aromatic heterocycles. The highest BCUT2D eigenvalue weighted by atomic mass is 17.2. The standard InChI is InChI=1S/C12H10N2O2/c13-9-3-1-7(2-4-9)8-5-10-12(14)11(6-8)16-15-10/h1-6H,13-14H2. The third-order valence-corrected chi connectivity index (χ3v) is 2.57. The van der Waals surface area contributed by atoms with Crippen LogP contribution in [0.15, 0.2) is 36.4 Å². The predicted octanol–water partition coefficient (Wildman–Crippen LogP) is 2.20. The Kier molecular flexibility index (Phi) is 1.71. The molecular formula is C12H10N2O2. The monoisotopic (exact) mass is 214 g/mol. The molecule has 4 nitrogen and oxygen atoms in total. The Balaban J connectivity index is 2.11. The van der Waals surface area contributed by atoms with Crippen LogP contribution in [0.5, 0.6) is 11.5 Å². The van der Waals surface area contributed by atoms with E-state index < -0.39 is 0 Å². The van der Waals surface area contributed by atoms with Crippen LogP contribution in [0, 0.1) is 0 Å².